The summed E-state index contributed by atoms with van der Waals surface area (Å²) in [4.78, 5) is 13.3. The van der Waals surface area contributed by atoms with Crippen molar-refractivity contribution in [1.82, 2.24) is 34.1 Å². The van der Waals surface area contributed by atoms with Gasteiger partial charge in [-0.05, 0) is 125 Å². The van der Waals surface area contributed by atoms with Gasteiger partial charge < -0.3 is 23.8 Å². The Morgan fingerprint density at radius 1 is 0.814 bits per heavy atom. The fourth-order valence-corrected chi connectivity index (χ4v) is 11.0. The number of sulfonamides is 2. The molecule has 0 radical (unpaired) electrons. The molecule has 1 atom stereocenters. The standard InChI is InChI=1S/C40H46IN7O9S2/c1-40(2,3)57-39(49)46-22-21-30(26-46)43-58(50,51)35-20-19-34(41)36(38-42-44-45-48(38)25-29-11-17-33(56-6)18-12-29)37(35)59(52,53)47(23-27-7-13-31(54-4)14-8-27)24-28-9-15-32(55-5)16-10-28/h7-20,30,43H,21-26H2,1-6H3/t30-/m0/s1. The van der Waals surface area contributed by atoms with E-state index in [4.69, 9.17) is 18.9 Å². The number of amides is 1. The van der Waals surface area contributed by atoms with E-state index in [0.717, 1.165) is 5.56 Å². The molecule has 1 aliphatic rings. The van der Waals surface area contributed by atoms with Crippen molar-refractivity contribution in [3.63, 3.8) is 0 Å². The summed E-state index contributed by atoms with van der Waals surface area (Å²) in [6, 6.07) is 23.1. The van der Waals surface area contributed by atoms with Crippen molar-refractivity contribution < 1.29 is 40.6 Å². The number of benzene rings is 4. The van der Waals surface area contributed by atoms with Gasteiger partial charge in [0.1, 0.15) is 32.6 Å². The SMILES string of the molecule is COc1ccc(CN(Cc2ccc(OC)cc2)S(=O)(=O)c2c(S(=O)(=O)N[C@H]3CCN(C(=O)OC(C)(C)C)C3)ccc(I)c2-c2nnnn2Cc2ccc(OC)cc2)cc1. The summed E-state index contributed by atoms with van der Waals surface area (Å²) in [6.07, 6.45) is -0.297. The Hall–Kier alpha value is -4.83. The molecule has 1 fully saturated rings. The minimum Gasteiger partial charge on any atom is -0.497 e. The lowest BCUT2D eigenvalue weighted by Gasteiger charge is -2.26. The lowest BCUT2D eigenvalue weighted by Crippen LogP contribution is -2.41. The van der Waals surface area contributed by atoms with Gasteiger partial charge >= 0.3 is 6.09 Å². The van der Waals surface area contributed by atoms with Crippen LogP contribution in [0.3, 0.4) is 0 Å². The minimum atomic E-state index is -4.76. The van der Waals surface area contributed by atoms with Gasteiger partial charge in [0.2, 0.25) is 20.0 Å². The maximum atomic E-state index is 15.6. The number of hydrogen-bond acceptors (Lipinski definition) is 12. The second-order valence-corrected chi connectivity index (χ2v) is 19.5. The minimum absolute atomic E-state index is 0.00301. The van der Waals surface area contributed by atoms with Gasteiger partial charge in [0.05, 0.1) is 33.4 Å². The summed E-state index contributed by atoms with van der Waals surface area (Å²) in [5.74, 6) is 1.84. The Bertz CT molecular complexity index is 2430. The van der Waals surface area contributed by atoms with E-state index in [0.29, 0.717) is 31.9 Å². The Kier molecular flexibility index (Phi) is 13.5. The molecule has 2 heterocycles. The smallest absolute Gasteiger partial charge is 0.410 e. The van der Waals surface area contributed by atoms with Crippen LogP contribution in [-0.4, -0.2) is 98.4 Å². The van der Waals surface area contributed by atoms with Gasteiger partial charge in [-0.1, -0.05) is 36.4 Å². The van der Waals surface area contributed by atoms with Crippen LogP contribution in [0.5, 0.6) is 17.2 Å². The highest BCUT2D eigenvalue weighted by Crippen LogP contribution is 2.39. The molecular weight excluding hydrogens is 914 g/mol. The molecule has 16 nitrogen and oxygen atoms in total. The first kappa shape index (κ1) is 43.7. The van der Waals surface area contributed by atoms with Crippen LogP contribution >= 0.6 is 22.6 Å². The number of aromatic nitrogens is 4. The van der Waals surface area contributed by atoms with Gasteiger partial charge in [0.15, 0.2) is 5.82 Å². The summed E-state index contributed by atoms with van der Waals surface area (Å²) in [5, 5.41) is 12.4. The van der Waals surface area contributed by atoms with E-state index in [1.54, 1.807) is 88.5 Å². The van der Waals surface area contributed by atoms with E-state index in [1.807, 2.05) is 34.7 Å². The molecule has 1 saturated heterocycles. The third-order valence-electron chi connectivity index (χ3n) is 9.40. The number of nitrogens with one attached hydrogen (secondary N) is 1. The molecule has 4 aromatic carbocycles. The average molecular weight is 960 g/mol. The van der Waals surface area contributed by atoms with E-state index in [9.17, 15) is 13.2 Å². The molecule has 1 amide bonds. The molecule has 0 spiro atoms. The van der Waals surface area contributed by atoms with Crippen molar-refractivity contribution in [3.8, 4) is 28.6 Å². The number of carbonyl (C=O) groups excluding carboxylic acids is 1. The second-order valence-electron chi connectivity index (χ2n) is 14.8. The van der Waals surface area contributed by atoms with Crippen molar-refractivity contribution in [2.75, 3.05) is 34.4 Å². The molecular formula is C40H46IN7O9S2. The highest BCUT2D eigenvalue weighted by molar-refractivity contribution is 14.1. The molecule has 0 saturated carbocycles. The van der Waals surface area contributed by atoms with Crippen LogP contribution < -0.4 is 18.9 Å². The summed E-state index contributed by atoms with van der Waals surface area (Å²) in [6.45, 7) is 5.35. The van der Waals surface area contributed by atoms with Gasteiger partial charge in [-0.2, -0.15) is 4.31 Å². The quantitative estimate of drug-likeness (QED) is 0.127. The Morgan fingerprint density at radius 2 is 1.34 bits per heavy atom. The first-order valence-electron chi connectivity index (χ1n) is 18.5. The predicted molar refractivity (Wildman–Crippen MR) is 227 cm³/mol. The maximum Gasteiger partial charge on any atom is 0.410 e. The van der Waals surface area contributed by atoms with Gasteiger partial charge in [-0.3, -0.25) is 0 Å². The third kappa shape index (κ3) is 10.5. The van der Waals surface area contributed by atoms with E-state index in [2.05, 4.69) is 20.2 Å². The molecule has 314 valence electrons. The predicted octanol–water partition coefficient (Wildman–Crippen LogP) is 5.70. The molecule has 19 heteroatoms. The molecule has 1 N–H and O–H groups in total. The number of tetrazole rings is 1. The van der Waals surface area contributed by atoms with Crippen LogP contribution in [0.4, 0.5) is 4.79 Å². The molecule has 0 bridgehead atoms. The molecule has 1 aromatic heterocycles. The molecule has 1 aliphatic heterocycles. The Labute approximate surface area is 358 Å². The normalized spacial score (nSPS) is 14.7. The number of likely N-dealkylation sites (tertiary alicyclic amines) is 1. The van der Waals surface area contributed by atoms with E-state index in [-0.39, 0.29) is 50.5 Å². The summed E-state index contributed by atoms with van der Waals surface area (Å²) >= 11 is 1.98. The van der Waals surface area contributed by atoms with Crippen LogP contribution in [0.25, 0.3) is 11.4 Å². The molecule has 5 aromatic rings. The highest BCUT2D eigenvalue weighted by atomic mass is 127. The average Bonchev–Trinajstić information content (AvgIpc) is 3.87. The Morgan fingerprint density at radius 3 is 1.85 bits per heavy atom. The van der Waals surface area contributed by atoms with Crippen LogP contribution in [0.1, 0.15) is 43.9 Å². The summed E-state index contributed by atoms with van der Waals surface area (Å²) in [5.41, 5.74) is 1.27. The van der Waals surface area contributed by atoms with Gasteiger partial charge in [-0.15, -0.1) is 5.10 Å². The van der Waals surface area contributed by atoms with Gasteiger partial charge in [0, 0.05) is 35.8 Å². The van der Waals surface area contributed by atoms with E-state index < -0.39 is 47.6 Å². The van der Waals surface area contributed by atoms with Crippen LogP contribution in [0.15, 0.2) is 94.7 Å². The van der Waals surface area contributed by atoms with Crippen molar-refractivity contribution in [1.29, 1.82) is 0 Å². The van der Waals surface area contributed by atoms with Crippen LogP contribution in [-0.2, 0) is 44.4 Å². The number of rotatable bonds is 15. The number of carbonyl (C=O) groups is 1. The third-order valence-corrected chi connectivity index (χ3v) is 13.9. The maximum absolute atomic E-state index is 15.6. The fourth-order valence-electron chi connectivity index (χ4n) is 6.47. The zero-order valence-electron chi connectivity index (χ0n) is 33.5. The van der Waals surface area contributed by atoms with Crippen LogP contribution in [0, 0.1) is 3.57 Å². The number of hydrogen-bond donors (Lipinski definition) is 1. The Balaban J connectivity index is 1.49. The monoisotopic (exact) mass is 959 g/mol. The van der Waals surface area contributed by atoms with E-state index >= 15 is 8.42 Å². The van der Waals surface area contributed by atoms with Crippen molar-refractivity contribution in [3.05, 3.63) is 105 Å². The highest BCUT2D eigenvalue weighted by Gasteiger charge is 2.39. The number of nitrogens with zero attached hydrogens (tertiary/aromatic N) is 6. The van der Waals surface area contributed by atoms with Gasteiger partial charge in [-0.25, -0.2) is 31.0 Å². The van der Waals surface area contributed by atoms with Crippen molar-refractivity contribution >= 4 is 48.7 Å². The molecule has 0 unspecified atom stereocenters. The topological polar surface area (TPSA) is 184 Å². The lowest BCUT2D eigenvalue weighted by atomic mass is 10.2. The molecule has 59 heavy (non-hydrogen) atoms. The summed E-state index contributed by atoms with van der Waals surface area (Å²) < 4.78 is 87.8. The van der Waals surface area contributed by atoms with E-state index in [1.165, 1.54) is 40.2 Å². The van der Waals surface area contributed by atoms with Crippen LogP contribution in [0.2, 0.25) is 0 Å². The fraction of sp³-hybridized carbons (Fsp3) is 0.350. The largest absolute Gasteiger partial charge is 0.497 e. The molecule has 0 aliphatic carbocycles. The number of ether oxygens (including phenoxy) is 4. The zero-order chi connectivity index (χ0) is 42.5. The first-order valence-corrected chi connectivity index (χ1v) is 22.5. The lowest BCUT2D eigenvalue weighted by molar-refractivity contribution is 0.0292. The zero-order valence-corrected chi connectivity index (χ0v) is 37.2. The summed E-state index contributed by atoms with van der Waals surface area (Å²) in [7, 11) is -4.74. The van der Waals surface area contributed by atoms with Crippen molar-refractivity contribution in [2.45, 2.75) is 68.3 Å². The second kappa shape index (κ2) is 18.2. The number of methoxy groups -OCH3 is 3. The van der Waals surface area contributed by atoms with Crippen molar-refractivity contribution in [2.24, 2.45) is 0 Å². The molecule has 6 rings (SSSR count). The van der Waals surface area contributed by atoms with Gasteiger partial charge in [0.25, 0.3) is 0 Å². The first-order chi connectivity index (χ1) is 28.0. The number of halogens is 1.